The lowest BCUT2D eigenvalue weighted by atomic mass is 10.1. The van der Waals surface area contributed by atoms with Crippen LogP contribution in [0, 0.1) is 12.7 Å². The standard InChI is InChI=1S/C21H16FN3O2S/c1-13-18(12-14-6-8-15(22)9-7-14)28-21(23-13)25-19(26)10-11-20-24-16-4-2-3-5-17(16)27-20/h2-11H,12H2,1H3,(H,23,25,26)/b11-10+. The minimum atomic E-state index is -0.315. The van der Waals surface area contributed by atoms with Gasteiger partial charge in [0.15, 0.2) is 10.7 Å². The van der Waals surface area contributed by atoms with Gasteiger partial charge in [0.1, 0.15) is 11.3 Å². The number of nitrogens with zero attached hydrogens (tertiary/aromatic N) is 2. The number of hydrogen-bond donors (Lipinski definition) is 1. The Kier molecular flexibility index (Phi) is 4.99. The van der Waals surface area contributed by atoms with Crippen LogP contribution in [0.2, 0.25) is 0 Å². The van der Waals surface area contributed by atoms with Crippen LogP contribution in [-0.2, 0) is 11.2 Å². The number of thiazole rings is 1. The molecule has 4 rings (SSSR count). The number of fused-ring (bicyclic) bond motifs is 1. The third-order valence-electron chi connectivity index (χ3n) is 4.09. The smallest absolute Gasteiger partial charge is 0.250 e. The highest BCUT2D eigenvalue weighted by Crippen LogP contribution is 2.25. The number of carbonyl (C=O) groups is 1. The Labute approximate surface area is 164 Å². The molecule has 2 aromatic carbocycles. The van der Waals surface area contributed by atoms with Gasteiger partial charge in [0, 0.05) is 23.5 Å². The summed E-state index contributed by atoms with van der Waals surface area (Å²) in [4.78, 5) is 21.9. The summed E-state index contributed by atoms with van der Waals surface area (Å²) in [6, 6.07) is 13.8. The molecule has 1 amide bonds. The predicted octanol–water partition coefficient (Wildman–Crippen LogP) is 4.97. The third-order valence-corrected chi connectivity index (χ3v) is 5.16. The summed E-state index contributed by atoms with van der Waals surface area (Å²) in [6.45, 7) is 1.89. The number of aryl methyl sites for hydroxylation is 1. The van der Waals surface area contributed by atoms with Crippen LogP contribution in [-0.4, -0.2) is 15.9 Å². The summed E-state index contributed by atoms with van der Waals surface area (Å²) in [6.07, 6.45) is 3.52. The van der Waals surface area contributed by atoms with E-state index in [0.29, 0.717) is 23.0 Å². The molecule has 0 spiro atoms. The molecule has 0 aliphatic carbocycles. The van der Waals surface area contributed by atoms with Crippen molar-refractivity contribution in [3.8, 4) is 0 Å². The number of aromatic nitrogens is 2. The van der Waals surface area contributed by atoms with Gasteiger partial charge in [-0.05, 0) is 36.8 Å². The van der Waals surface area contributed by atoms with Gasteiger partial charge >= 0.3 is 0 Å². The summed E-state index contributed by atoms with van der Waals surface area (Å²) in [5.74, 6) is -0.212. The molecule has 0 aliphatic heterocycles. The maximum absolute atomic E-state index is 13.0. The fraction of sp³-hybridized carbons (Fsp3) is 0.0952. The monoisotopic (exact) mass is 393 g/mol. The summed E-state index contributed by atoms with van der Waals surface area (Å²) < 4.78 is 18.6. The molecule has 0 saturated carbocycles. The van der Waals surface area contributed by atoms with Crippen molar-refractivity contribution in [2.75, 3.05) is 5.32 Å². The van der Waals surface area contributed by atoms with Gasteiger partial charge in [-0.1, -0.05) is 24.3 Å². The number of benzene rings is 2. The fourth-order valence-electron chi connectivity index (χ4n) is 2.69. The lowest BCUT2D eigenvalue weighted by Gasteiger charge is -1.99. The Morgan fingerprint density at radius 3 is 2.75 bits per heavy atom. The van der Waals surface area contributed by atoms with Crippen LogP contribution < -0.4 is 5.32 Å². The zero-order chi connectivity index (χ0) is 19.5. The first-order valence-electron chi connectivity index (χ1n) is 8.62. The molecule has 0 radical (unpaired) electrons. The van der Waals surface area contributed by atoms with Crippen molar-refractivity contribution in [2.24, 2.45) is 0 Å². The number of hydrogen-bond acceptors (Lipinski definition) is 5. The minimum absolute atomic E-state index is 0.261. The summed E-state index contributed by atoms with van der Waals surface area (Å²) in [7, 11) is 0. The van der Waals surface area contributed by atoms with Crippen LogP contribution in [0.25, 0.3) is 17.2 Å². The van der Waals surface area contributed by atoms with Crippen LogP contribution in [0.5, 0.6) is 0 Å². The molecule has 5 nitrogen and oxygen atoms in total. The average molecular weight is 393 g/mol. The van der Waals surface area contributed by atoms with Gasteiger partial charge in [-0.15, -0.1) is 11.3 Å². The highest BCUT2D eigenvalue weighted by atomic mass is 32.1. The van der Waals surface area contributed by atoms with Crippen LogP contribution in [0.1, 0.15) is 22.0 Å². The topological polar surface area (TPSA) is 68.0 Å². The van der Waals surface area contributed by atoms with Gasteiger partial charge in [-0.2, -0.15) is 0 Å². The van der Waals surface area contributed by atoms with Gasteiger partial charge < -0.3 is 4.42 Å². The van der Waals surface area contributed by atoms with E-state index in [-0.39, 0.29) is 11.7 Å². The van der Waals surface area contributed by atoms with E-state index < -0.39 is 0 Å². The maximum Gasteiger partial charge on any atom is 0.250 e. The highest BCUT2D eigenvalue weighted by Gasteiger charge is 2.10. The molecule has 0 fully saturated rings. The highest BCUT2D eigenvalue weighted by molar-refractivity contribution is 7.15. The summed E-state index contributed by atoms with van der Waals surface area (Å²) in [5, 5.41) is 3.27. The van der Waals surface area contributed by atoms with Crippen molar-refractivity contribution in [3.05, 3.63) is 82.4 Å². The summed E-state index contributed by atoms with van der Waals surface area (Å²) in [5.41, 5.74) is 3.24. The van der Waals surface area contributed by atoms with Crippen molar-refractivity contribution < 1.29 is 13.6 Å². The van der Waals surface area contributed by atoms with Crippen molar-refractivity contribution >= 4 is 39.6 Å². The SMILES string of the molecule is Cc1nc(NC(=O)/C=C/c2nc3ccccc3o2)sc1Cc1ccc(F)cc1. The minimum Gasteiger partial charge on any atom is -0.437 e. The van der Waals surface area contributed by atoms with Crippen molar-refractivity contribution in [2.45, 2.75) is 13.3 Å². The second-order valence-electron chi connectivity index (χ2n) is 6.17. The number of anilines is 1. The molecule has 4 aromatic rings. The van der Waals surface area contributed by atoms with Crippen LogP contribution >= 0.6 is 11.3 Å². The second kappa shape index (κ2) is 7.74. The molecule has 0 aliphatic rings. The van der Waals surface area contributed by atoms with E-state index in [0.717, 1.165) is 21.7 Å². The van der Waals surface area contributed by atoms with Gasteiger partial charge in [0.05, 0.1) is 5.69 Å². The van der Waals surface area contributed by atoms with Crippen molar-refractivity contribution in [1.29, 1.82) is 0 Å². The second-order valence-corrected chi connectivity index (χ2v) is 7.26. The number of oxazole rings is 1. The van der Waals surface area contributed by atoms with E-state index in [9.17, 15) is 9.18 Å². The van der Waals surface area contributed by atoms with E-state index in [1.807, 2.05) is 31.2 Å². The van der Waals surface area contributed by atoms with Crippen molar-refractivity contribution in [1.82, 2.24) is 9.97 Å². The number of amides is 1. The molecule has 140 valence electrons. The third kappa shape index (κ3) is 4.15. The van der Waals surface area contributed by atoms with Crippen LogP contribution in [0.15, 0.2) is 59.0 Å². The predicted molar refractivity (Wildman–Crippen MR) is 108 cm³/mol. The Bertz CT molecular complexity index is 1130. The van der Waals surface area contributed by atoms with E-state index in [1.165, 1.54) is 35.6 Å². The van der Waals surface area contributed by atoms with E-state index in [1.54, 1.807) is 12.1 Å². The Morgan fingerprint density at radius 1 is 1.18 bits per heavy atom. The molecular formula is C21H16FN3O2S. The van der Waals surface area contributed by atoms with Gasteiger partial charge in [0.25, 0.3) is 0 Å². The Morgan fingerprint density at radius 2 is 1.96 bits per heavy atom. The molecule has 0 bridgehead atoms. The lowest BCUT2D eigenvalue weighted by molar-refractivity contribution is -0.111. The lowest BCUT2D eigenvalue weighted by Crippen LogP contribution is -2.07. The zero-order valence-electron chi connectivity index (χ0n) is 15.0. The van der Waals surface area contributed by atoms with Crippen molar-refractivity contribution in [3.63, 3.8) is 0 Å². The Hall–Kier alpha value is -3.32. The molecule has 0 atom stereocenters. The number of nitrogens with one attached hydrogen (secondary N) is 1. The zero-order valence-corrected chi connectivity index (χ0v) is 15.8. The quantitative estimate of drug-likeness (QED) is 0.486. The normalized spacial score (nSPS) is 11.4. The molecule has 0 saturated heterocycles. The summed E-state index contributed by atoms with van der Waals surface area (Å²) >= 11 is 1.40. The van der Waals surface area contributed by atoms with E-state index in [2.05, 4.69) is 15.3 Å². The molecule has 28 heavy (non-hydrogen) atoms. The number of halogens is 1. The first-order valence-corrected chi connectivity index (χ1v) is 9.44. The molecular weight excluding hydrogens is 377 g/mol. The average Bonchev–Trinajstić information content (AvgIpc) is 3.25. The maximum atomic E-state index is 13.0. The molecule has 2 heterocycles. The van der Waals surface area contributed by atoms with E-state index in [4.69, 9.17) is 4.42 Å². The van der Waals surface area contributed by atoms with E-state index >= 15 is 0 Å². The van der Waals surface area contributed by atoms with Crippen LogP contribution in [0.4, 0.5) is 9.52 Å². The van der Waals surface area contributed by atoms with Gasteiger partial charge in [-0.25, -0.2) is 14.4 Å². The molecule has 1 N–H and O–H groups in total. The molecule has 0 unspecified atom stereocenters. The largest absolute Gasteiger partial charge is 0.437 e. The number of rotatable bonds is 5. The molecule has 2 aromatic heterocycles. The fourth-order valence-corrected chi connectivity index (χ4v) is 3.69. The molecule has 7 heteroatoms. The number of para-hydroxylation sites is 2. The van der Waals surface area contributed by atoms with Crippen LogP contribution in [0.3, 0.4) is 0 Å². The van der Waals surface area contributed by atoms with Gasteiger partial charge in [-0.3, -0.25) is 10.1 Å². The first-order chi connectivity index (χ1) is 13.6. The number of carbonyl (C=O) groups excluding carboxylic acids is 1. The first kappa shape index (κ1) is 18.1. The van der Waals surface area contributed by atoms with Gasteiger partial charge in [0.2, 0.25) is 11.8 Å². The Balaban J connectivity index is 1.42.